The molecule has 1 aliphatic rings. The number of alkyl halides is 3. The zero-order valence-electron chi connectivity index (χ0n) is 19.3. The summed E-state index contributed by atoms with van der Waals surface area (Å²) in [6.07, 6.45) is 2.33. The van der Waals surface area contributed by atoms with E-state index in [1.807, 2.05) is 5.32 Å². The van der Waals surface area contributed by atoms with Gasteiger partial charge in [0.05, 0.1) is 12.8 Å². The van der Waals surface area contributed by atoms with E-state index in [9.17, 15) is 22.8 Å². The summed E-state index contributed by atoms with van der Waals surface area (Å²) < 4.78 is 44.5. The van der Waals surface area contributed by atoms with Gasteiger partial charge in [0.2, 0.25) is 0 Å². The van der Waals surface area contributed by atoms with E-state index >= 15 is 0 Å². The largest absolute Gasteiger partial charge is 0.491 e. The van der Waals surface area contributed by atoms with Crippen LogP contribution >= 0.6 is 0 Å². The highest BCUT2D eigenvalue weighted by Crippen LogP contribution is 2.25. The summed E-state index contributed by atoms with van der Waals surface area (Å²) in [6, 6.07) is 4.18. The number of carbonyl (C=O) groups excluding carboxylic acids is 2. The molecule has 2 heterocycles. The smallest absolute Gasteiger partial charge is 0.405 e. The summed E-state index contributed by atoms with van der Waals surface area (Å²) in [5.74, 6) is -1.03. The lowest BCUT2D eigenvalue weighted by Gasteiger charge is -2.14. The third-order valence-corrected chi connectivity index (χ3v) is 5.37. The normalized spacial score (nSPS) is 14.0. The first-order valence-electron chi connectivity index (χ1n) is 11.4. The van der Waals surface area contributed by atoms with E-state index < -0.39 is 18.6 Å². The molecule has 0 atom stereocenters. The minimum Gasteiger partial charge on any atom is -0.491 e. The summed E-state index contributed by atoms with van der Waals surface area (Å²) in [5.41, 5.74) is 0.493. The number of ether oxygens (including phenoxy) is 1. The average molecular weight is 495 g/mol. The molecule has 0 unspecified atom stereocenters. The molecule has 0 radical (unpaired) electrons. The molecule has 35 heavy (non-hydrogen) atoms. The minimum absolute atomic E-state index is 0.00304. The number of unbranched alkanes of at least 4 members (excludes halogenated alkanes) is 1. The summed E-state index contributed by atoms with van der Waals surface area (Å²) in [4.78, 5) is 26.9. The first kappa shape index (κ1) is 26.2. The molecule has 0 saturated carbocycles. The van der Waals surface area contributed by atoms with Crippen LogP contribution in [0, 0.1) is 0 Å². The maximum absolute atomic E-state index is 12.5. The SMILES string of the molecule is C=CCCCOc1cc(C(=O)NCC(F)(F)F)ccc1-n1cc(C(=O)NCCN2CCCC2)nn1. The Kier molecular flexibility index (Phi) is 9.24. The highest BCUT2D eigenvalue weighted by Gasteiger charge is 2.28. The van der Waals surface area contributed by atoms with Crippen LogP contribution < -0.4 is 15.4 Å². The van der Waals surface area contributed by atoms with Crippen LogP contribution in [0.1, 0.15) is 46.5 Å². The number of carbonyl (C=O) groups is 2. The van der Waals surface area contributed by atoms with Crippen molar-refractivity contribution in [1.82, 2.24) is 30.5 Å². The second kappa shape index (κ2) is 12.3. The van der Waals surface area contributed by atoms with Crippen molar-refractivity contribution < 1.29 is 27.5 Å². The van der Waals surface area contributed by atoms with Gasteiger partial charge in [-0.15, -0.1) is 11.7 Å². The van der Waals surface area contributed by atoms with Crippen molar-refractivity contribution in [3.63, 3.8) is 0 Å². The third kappa shape index (κ3) is 8.09. The van der Waals surface area contributed by atoms with E-state index in [1.165, 1.54) is 41.9 Å². The van der Waals surface area contributed by atoms with Gasteiger partial charge in [0.1, 0.15) is 18.0 Å². The molecule has 1 aliphatic heterocycles. The number of hydrogen-bond donors (Lipinski definition) is 2. The van der Waals surface area contributed by atoms with Gasteiger partial charge in [0.15, 0.2) is 5.69 Å². The van der Waals surface area contributed by atoms with Crippen LogP contribution in [-0.4, -0.2) is 77.2 Å². The molecule has 1 saturated heterocycles. The molecule has 2 N–H and O–H groups in total. The Hall–Kier alpha value is -3.41. The van der Waals surface area contributed by atoms with Crippen LogP contribution in [0.4, 0.5) is 13.2 Å². The number of amides is 2. The Labute approximate surface area is 201 Å². The fourth-order valence-electron chi connectivity index (χ4n) is 3.56. The molecule has 1 aromatic carbocycles. The molecule has 0 bridgehead atoms. The van der Waals surface area contributed by atoms with Gasteiger partial charge < -0.3 is 20.3 Å². The lowest BCUT2D eigenvalue weighted by atomic mass is 10.1. The standard InChI is InChI=1S/C23H29F3N6O3/c1-2-3-6-13-35-20-14-17(21(33)28-16-23(24,25)26)7-8-19(20)32-15-18(29-30-32)22(34)27-9-12-31-10-4-5-11-31/h2,7-8,14-15H,1,3-6,9-13,16H2,(H,27,34)(H,28,33). The van der Waals surface area contributed by atoms with E-state index in [0.29, 0.717) is 25.1 Å². The highest BCUT2D eigenvalue weighted by molar-refractivity contribution is 5.95. The Morgan fingerprint density at radius 1 is 1.17 bits per heavy atom. The molecular weight excluding hydrogens is 465 g/mol. The van der Waals surface area contributed by atoms with Crippen molar-refractivity contribution in [2.75, 3.05) is 39.3 Å². The minimum atomic E-state index is -4.52. The van der Waals surface area contributed by atoms with Crippen LogP contribution in [0.5, 0.6) is 5.75 Å². The van der Waals surface area contributed by atoms with Crippen molar-refractivity contribution in [2.24, 2.45) is 0 Å². The number of benzene rings is 1. The number of hydrogen-bond acceptors (Lipinski definition) is 6. The van der Waals surface area contributed by atoms with E-state index in [2.05, 4.69) is 27.1 Å². The van der Waals surface area contributed by atoms with Crippen LogP contribution in [0.15, 0.2) is 37.1 Å². The second-order valence-corrected chi connectivity index (χ2v) is 8.11. The molecule has 0 aliphatic carbocycles. The van der Waals surface area contributed by atoms with Gasteiger partial charge in [0.25, 0.3) is 11.8 Å². The Balaban J connectivity index is 1.71. The Morgan fingerprint density at radius 3 is 2.66 bits per heavy atom. The third-order valence-electron chi connectivity index (χ3n) is 5.37. The molecule has 3 rings (SSSR count). The molecule has 12 heteroatoms. The monoisotopic (exact) mass is 494 g/mol. The van der Waals surface area contributed by atoms with Crippen LogP contribution in [-0.2, 0) is 0 Å². The van der Waals surface area contributed by atoms with Gasteiger partial charge >= 0.3 is 6.18 Å². The fourth-order valence-corrected chi connectivity index (χ4v) is 3.56. The zero-order valence-corrected chi connectivity index (χ0v) is 19.3. The summed E-state index contributed by atoms with van der Waals surface area (Å²) in [5, 5.41) is 12.6. The zero-order chi connectivity index (χ0) is 25.3. The van der Waals surface area contributed by atoms with Gasteiger partial charge in [-0.05, 0) is 57.0 Å². The second-order valence-electron chi connectivity index (χ2n) is 8.11. The van der Waals surface area contributed by atoms with Crippen molar-refractivity contribution in [3.8, 4) is 11.4 Å². The first-order valence-corrected chi connectivity index (χ1v) is 11.4. The number of rotatable bonds is 12. The molecule has 1 fully saturated rings. The average Bonchev–Trinajstić information content (AvgIpc) is 3.52. The maximum Gasteiger partial charge on any atom is 0.405 e. The Bertz CT molecular complexity index is 1020. The van der Waals surface area contributed by atoms with Gasteiger partial charge in [-0.25, -0.2) is 4.68 Å². The number of nitrogens with zero attached hydrogens (tertiary/aromatic N) is 4. The first-order chi connectivity index (χ1) is 16.8. The number of halogens is 3. The number of likely N-dealkylation sites (tertiary alicyclic amines) is 1. The van der Waals surface area contributed by atoms with Crippen LogP contribution in [0.2, 0.25) is 0 Å². The molecule has 0 spiro atoms. The van der Waals surface area contributed by atoms with Crippen LogP contribution in [0.3, 0.4) is 0 Å². The van der Waals surface area contributed by atoms with Crippen molar-refractivity contribution in [3.05, 3.63) is 48.3 Å². The van der Waals surface area contributed by atoms with Gasteiger partial charge in [-0.2, -0.15) is 13.2 Å². The quantitative estimate of drug-likeness (QED) is 0.348. The molecular formula is C23H29F3N6O3. The lowest BCUT2D eigenvalue weighted by molar-refractivity contribution is -0.123. The maximum atomic E-state index is 12.5. The molecule has 2 amide bonds. The van der Waals surface area contributed by atoms with Gasteiger partial charge in [-0.1, -0.05) is 11.3 Å². The van der Waals surface area contributed by atoms with E-state index in [4.69, 9.17) is 4.74 Å². The number of allylic oxidation sites excluding steroid dienone is 1. The van der Waals surface area contributed by atoms with E-state index in [-0.39, 0.29) is 29.5 Å². The summed E-state index contributed by atoms with van der Waals surface area (Å²) in [6.45, 7) is 5.81. The summed E-state index contributed by atoms with van der Waals surface area (Å²) in [7, 11) is 0. The van der Waals surface area contributed by atoms with Crippen LogP contribution in [0.25, 0.3) is 5.69 Å². The highest BCUT2D eigenvalue weighted by atomic mass is 19.4. The van der Waals surface area contributed by atoms with E-state index in [1.54, 1.807) is 6.08 Å². The van der Waals surface area contributed by atoms with Crippen molar-refractivity contribution >= 4 is 11.8 Å². The molecule has 2 aromatic rings. The predicted molar refractivity (Wildman–Crippen MR) is 123 cm³/mol. The summed E-state index contributed by atoms with van der Waals surface area (Å²) >= 11 is 0. The lowest BCUT2D eigenvalue weighted by Crippen LogP contribution is -2.33. The predicted octanol–water partition coefficient (Wildman–Crippen LogP) is 2.73. The Morgan fingerprint density at radius 2 is 1.94 bits per heavy atom. The van der Waals surface area contributed by atoms with Crippen molar-refractivity contribution in [2.45, 2.75) is 31.9 Å². The van der Waals surface area contributed by atoms with Gasteiger partial charge in [-0.3, -0.25) is 9.59 Å². The van der Waals surface area contributed by atoms with Gasteiger partial charge in [0, 0.05) is 18.7 Å². The number of aromatic nitrogens is 3. The molecule has 190 valence electrons. The fraction of sp³-hybridized carbons (Fsp3) is 0.478. The number of nitrogens with one attached hydrogen (secondary N) is 2. The van der Waals surface area contributed by atoms with E-state index in [0.717, 1.165) is 19.6 Å². The molecule has 9 nitrogen and oxygen atoms in total. The van der Waals surface area contributed by atoms with Crippen molar-refractivity contribution in [1.29, 1.82) is 0 Å². The topological polar surface area (TPSA) is 101 Å². The molecule has 1 aromatic heterocycles.